The van der Waals surface area contributed by atoms with Crippen LogP contribution >= 0.6 is 15.9 Å². The van der Waals surface area contributed by atoms with Gasteiger partial charge in [0.15, 0.2) is 5.84 Å². The van der Waals surface area contributed by atoms with Crippen LogP contribution in [0.3, 0.4) is 0 Å². The fourth-order valence-corrected chi connectivity index (χ4v) is 2.41. The van der Waals surface area contributed by atoms with Crippen molar-refractivity contribution in [3.05, 3.63) is 28.2 Å². The van der Waals surface area contributed by atoms with Gasteiger partial charge in [-0.3, -0.25) is 0 Å². The van der Waals surface area contributed by atoms with Crippen LogP contribution in [-0.2, 0) is 4.74 Å². The Hall–Kier alpha value is -1.27. The predicted octanol–water partition coefficient (Wildman–Crippen LogP) is 2.40. The van der Waals surface area contributed by atoms with Gasteiger partial charge in [-0.05, 0) is 48.0 Å². The van der Waals surface area contributed by atoms with Crippen molar-refractivity contribution in [1.29, 1.82) is 0 Å². The van der Waals surface area contributed by atoms with E-state index < -0.39 is 0 Å². The number of nitrogens with two attached hydrogens (primary N) is 1. The Balaban J connectivity index is 3.05. The van der Waals surface area contributed by atoms with Crippen molar-refractivity contribution in [1.82, 2.24) is 0 Å². The van der Waals surface area contributed by atoms with E-state index in [-0.39, 0.29) is 5.84 Å². The first-order valence-corrected chi connectivity index (χ1v) is 6.83. The molecular formula is C13H20BrN3O2. The van der Waals surface area contributed by atoms with Crippen LogP contribution < -0.4 is 10.6 Å². The van der Waals surface area contributed by atoms with Crippen LogP contribution in [0.15, 0.2) is 27.8 Å². The summed E-state index contributed by atoms with van der Waals surface area (Å²) in [6.45, 7) is 5.71. The molecule has 0 atom stereocenters. The molecule has 6 heteroatoms. The van der Waals surface area contributed by atoms with Crippen molar-refractivity contribution in [2.75, 3.05) is 25.2 Å². The van der Waals surface area contributed by atoms with Crippen molar-refractivity contribution < 1.29 is 9.94 Å². The molecule has 1 aromatic carbocycles. The second-order valence-corrected chi connectivity index (χ2v) is 5.29. The maximum absolute atomic E-state index is 8.68. The van der Waals surface area contributed by atoms with E-state index in [1.54, 1.807) is 7.11 Å². The van der Waals surface area contributed by atoms with Gasteiger partial charge in [-0.25, -0.2) is 0 Å². The highest BCUT2D eigenvalue weighted by Crippen LogP contribution is 2.28. The monoisotopic (exact) mass is 329 g/mol. The number of hydrogen-bond acceptors (Lipinski definition) is 4. The van der Waals surface area contributed by atoms with Crippen LogP contribution in [0.25, 0.3) is 0 Å². The minimum atomic E-state index is 0.0974. The highest BCUT2D eigenvalue weighted by atomic mass is 79.9. The second kappa shape index (κ2) is 7.35. The van der Waals surface area contributed by atoms with E-state index in [0.717, 1.165) is 16.7 Å². The Kier molecular flexibility index (Phi) is 6.11. The molecule has 0 heterocycles. The summed E-state index contributed by atoms with van der Waals surface area (Å²) < 4.78 is 6.04. The lowest BCUT2D eigenvalue weighted by atomic mass is 10.1. The summed E-state index contributed by atoms with van der Waals surface area (Å²) in [6.07, 6.45) is 0. The molecule has 0 amide bonds. The fourth-order valence-electron chi connectivity index (χ4n) is 1.80. The first-order valence-electron chi connectivity index (χ1n) is 6.04. The third kappa shape index (κ3) is 4.11. The van der Waals surface area contributed by atoms with E-state index in [1.165, 1.54) is 0 Å². The fraction of sp³-hybridized carbons (Fsp3) is 0.462. The first-order chi connectivity index (χ1) is 9.01. The molecule has 0 spiro atoms. The Morgan fingerprint density at radius 3 is 2.68 bits per heavy atom. The third-order valence-corrected chi connectivity index (χ3v) is 3.46. The Labute approximate surface area is 122 Å². The number of anilines is 1. The number of amidine groups is 1. The quantitative estimate of drug-likeness (QED) is 0.364. The molecule has 5 nitrogen and oxygen atoms in total. The summed E-state index contributed by atoms with van der Waals surface area (Å²) in [6, 6.07) is 5.97. The molecular weight excluding hydrogens is 310 g/mol. The van der Waals surface area contributed by atoms with Crippen molar-refractivity contribution >= 4 is 27.5 Å². The molecule has 1 aromatic rings. The third-order valence-electron chi connectivity index (χ3n) is 2.82. The van der Waals surface area contributed by atoms with Crippen molar-refractivity contribution in [3.8, 4) is 0 Å². The van der Waals surface area contributed by atoms with Crippen molar-refractivity contribution in [3.63, 3.8) is 0 Å². The molecule has 0 aromatic heterocycles. The van der Waals surface area contributed by atoms with Crippen LogP contribution in [0, 0.1) is 0 Å². The predicted molar refractivity (Wildman–Crippen MR) is 81.0 cm³/mol. The second-order valence-electron chi connectivity index (χ2n) is 4.43. The minimum absolute atomic E-state index is 0.0974. The van der Waals surface area contributed by atoms with E-state index in [1.807, 2.05) is 18.2 Å². The molecule has 0 aliphatic heterocycles. The van der Waals surface area contributed by atoms with Crippen LogP contribution in [0.1, 0.15) is 19.4 Å². The lowest BCUT2D eigenvalue weighted by molar-refractivity contribution is 0.204. The van der Waals surface area contributed by atoms with Gasteiger partial charge in [0, 0.05) is 29.7 Å². The SMILES string of the molecule is COCCN(c1ccc(/C(N)=N/O)cc1Br)C(C)C. The number of hydrogen-bond donors (Lipinski definition) is 2. The molecule has 0 unspecified atom stereocenters. The number of rotatable bonds is 6. The molecule has 106 valence electrons. The number of methoxy groups -OCH3 is 1. The van der Waals surface area contributed by atoms with Gasteiger partial charge >= 0.3 is 0 Å². The lowest BCUT2D eigenvalue weighted by Gasteiger charge is -2.30. The standard InChI is InChI=1S/C13H20BrN3O2/c1-9(2)17(6-7-19-3)12-5-4-10(8-11(12)14)13(15)16-18/h4-5,8-9,18H,6-7H2,1-3H3,(H2,15,16). The van der Waals surface area contributed by atoms with E-state index in [0.29, 0.717) is 18.2 Å². The summed E-state index contributed by atoms with van der Waals surface area (Å²) in [5.41, 5.74) is 7.31. The van der Waals surface area contributed by atoms with Gasteiger partial charge in [-0.2, -0.15) is 0 Å². The summed E-state index contributed by atoms with van der Waals surface area (Å²) in [7, 11) is 1.69. The van der Waals surface area contributed by atoms with Gasteiger partial charge in [0.2, 0.25) is 0 Å². The van der Waals surface area contributed by atoms with E-state index in [9.17, 15) is 0 Å². The number of halogens is 1. The number of oxime groups is 1. The smallest absolute Gasteiger partial charge is 0.170 e. The normalized spacial score (nSPS) is 11.9. The largest absolute Gasteiger partial charge is 0.409 e. The highest BCUT2D eigenvalue weighted by molar-refractivity contribution is 9.10. The van der Waals surface area contributed by atoms with Crippen LogP contribution in [0.4, 0.5) is 5.69 Å². The summed E-state index contributed by atoms with van der Waals surface area (Å²) >= 11 is 3.53. The molecule has 0 radical (unpaired) electrons. The number of benzene rings is 1. The Bertz CT molecular complexity index is 450. The van der Waals surface area contributed by atoms with E-state index >= 15 is 0 Å². The molecule has 0 aliphatic rings. The number of ether oxygens (including phenoxy) is 1. The van der Waals surface area contributed by atoms with Crippen molar-refractivity contribution in [2.45, 2.75) is 19.9 Å². The van der Waals surface area contributed by atoms with Crippen LogP contribution in [0.2, 0.25) is 0 Å². The zero-order valence-corrected chi connectivity index (χ0v) is 13.0. The number of nitrogens with zero attached hydrogens (tertiary/aromatic N) is 2. The Morgan fingerprint density at radius 2 is 2.21 bits per heavy atom. The van der Waals surface area contributed by atoms with Crippen molar-refractivity contribution in [2.24, 2.45) is 10.9 Å². The van der Waals surface area contributed by atoms with Gasteiger partial charge in [0.05, 0.1) is 12.3 Å². The molecule has 0 aliphatic carbocycles. The summed E-state index contributed by atoms with van der Waals surface area (Å²) in [5.74, 6) is 0.0974. The van der Waals surface area contributed by atoms with E-state index in [2.05, 4.69) is 39.8 Å². The van der Waals surface area contributed by atoms with E-state index in [4.69, 9.17) is 15.7 Å². The van der Waals surface area contributed by atoms with Gasteiger partial charge in [-0.15, -0.1) is 0 Å². The molecule has 0 saturated heterocycles. The lowest BCUT2D eigenvalue weighted by Crippen LogP contribution is -2.34. The molecule has 0 fully saturated rings. The summed E-state index contributed by atoms with van der Waals surface area (Å²) in [4.78, 5) is 2.23. The van der Waals surface area contributed by atoms with Crippen LogP contribution in [0.5, 0.6) is 0 Å². The minimum Gasteiger partial charge on any atom is -0.409 e. The zero-order chi connectivity index (χ0) is 14.4. The van der Waals surface area contributed by atoms with Gasteiger partial charge in [0.1, 0.15) is 0 Å². The average Bonchev–Trinajstić information content (AvgIpc) is 2.39. The molecule has 3 N–H and O–H groups in total. The molecule has 0 saturated carbocycles. The first kappa shape index (κ1) is 15.8. The molecule has 19 heavy (non-hydrogen) atoms. The Morgan fingerprint density at radius 1 is 1.53 bits per heavy atom. The zero-order valence-electron chi connectivity index (χ0n) is 11.4. The highest BCUT2D eigenvalue weighted by Gasteiger charge is 2.14. The summed E-state index contributed by atoms with van der Waals surface area (Å²) in [5, 5.41) is 11.7. The average molecular weight is 330 g/mol. The van der Waals surface area contributed by atoms with Gasteiger partial charge in [-0.1, -0.05) is 5.16 Å². The maximum atomic E-state index is 8.68. The molecule has 0 bridgehead atoms. The molecule has 1 rings (SSSR count). The van der Waals surface area contributed by atoms with Gasteiger partial charge < -0.3 is 20.6 Å². The van der Waals surface area contributed by atoms with Gasteiger partial charge in [0.25, 0.3) is 0 Å². The topological polar surface area (TPSA) is 71.1 Å². The maximum Gasteiger partial charge on any atom is 0.170 e. The van der Waals surface area contributed by atoms with Crippen LogP contribution in [-0.4, -0.2) is 37.3 Å².